The second-order valence-electron chi connectivity index (χ2n) is 5.15. The lowest BCUT2D eigenvalue weighted by molar-refractivity contribution is -0.147. The van der Waals surface area contributed by atoms with Crippen LogP contribution in [0.5, 0.6) is 0 Å². The Labute approximate surface area is 158 Å². The van der Waals surface area contributed by atoms with E-state index in [1.54, 1.807) is 37.3 Å². The molecule has 2 rings (SSSR count). The number of benzene rings is 1. The fourth-order valence-electron chi connectivity index (χ4n) is 1.95. The lowest BCUT2D eigenvalue weighted by atomic mass is 10.2. The number of carbonyl (C=O) groups is 3. The van der Waals surface area contributed by atoms with E-state index in [9.17, 15) is 14.4 Å². The number of ether oxygens (including phenoxy) is 1. The molecule has 132 valence electrons. The van der Waals surface area contributed by atoms with Gasteiger partial charge in [-0.05, 0) is 36.8 Å². The van der Waals surface area contributed by atoms with E-state index in [1.165, 1.54) is 0 Å². The van der Waals surface area contributed by atoms with Crippen LogP contribution in [0.25, 0.3) is 0 Å². The number of nitrogens with one attached hydrogen (secondary N) is 1. The maximum absolute atomic E-state index is 11.9. The SMILES string of the molecule is Cc1c(Cl)cccc1NC(=O)COC(=O)CCC(=O)c1ccc(Cl)s1. The highest BCUT2D eigenvalue weighted by molar-refractivity contribution is 7.18. The summed E-state index contributed by atoms with van der Waals surface area (Å²) < 4.78 is 5.39. The molecule has 0 spiro atoms. The number of thiophene rings is 1. The molecule has 25 heavy (non-hydrogen) atoms. The molecule has 0 aliphatic heterocycles. The minimum Gasteiger partial charge on any atom is -0.456 e. The predicted octanol–water partition coefficient (Wildman–Crippen LogP) is 4.51. The highest BCUT2D eigenvalue weighted by Crippen LogP contribution is 2.23. The van der Waals surface area contributed by atoms with E-state index < -0.39 is 18.5 Å². The van der Waals surface area contributed by atoms with Crippen molar-refractivity contribution in [1.82, 2.24) is 0 Å². The third-order valence-corrected chi connectivity index (χ3v) is 4.99. The number of rotatable bonds is 7. The van der Waals surface area contributed by atoms with Crippen molar-refractivity contribution in [2.45, 2.75) is 19.8 Å². The molecule has 2 aromatic rings. The van der Waals surface area contributed by atoms with Crippen LogP contribution in [0.4, 0.5) is 5.69 Å². The van der Waals surface area contributed by atoms with E-state index in [-0.39, 0.29) is 18.6 Å². The van der Waals surface area contributed by atoms with Crippen LogP contribution in [-0.2, 0) is 14.3 Å². The minimum atomic E-state index is -0.617. The molecule has 5 nitrogen and oxygen atoms in total. The zero-order valence-corrected chi connectivity index (χ0v) is 15.6. The van der Waals surface area contributed by atoms with E-state index in [0.29, 0.717) is 19.9 Å². The average molecular weight is 400 g/mol. The second-order valence-corrected chi connectivity index (χ2v) is 7.27. The van der Waals surface area contributed by atoms with Crippen LogP contribution in [0, 0.1) is 6.92 Å². The van der Waals surface area contributed by atoms with Gasteiger partial charge in [0, 0.05) is 17.1 Å². The van der Waals surface area contributed by atoms with Gasteiger partial charge in [-0.25, -0.2) is 0 Å². The smallest absolute Gasteiger partial charge is 0.306 e. The van der Waals surface area contributed by atoms with Gasteiger partial charge in [-0.1, -0.05) is 29.3 Å². The van der Waals surface area contributed by atoms with Gasteiger partial charge in [0.05, 0.1) is 15.6 Å². The summed E-state index contributed by atoms with van der Waals surface area (Å²) in [6.07, 6.45) is -0.0947. The molecular weight excluding hydrogens is 385 g/mol. The van der Waals surface area contributed by atoms with Crippen molar-refractivity contribution in [2.24, 2.45) is 0 Å². The summed E-state index contributed by atoms with van der Waals surface area (Å²) in [6.45, 7) is 1.34. The molecule has 0 saturated carbocycles. The van der Waals surface area contributed by atoms with E-state index >= 15 is 0 Å². The third kappa shape index (κ3) is 5.85. The molecule has 1 aromatic heterocycles. The summed E-state index contributed by atoms with van der Waals surface area (Å²) >= 11 is 12.9. The molecule has 0 aliphatic rings. The Balaban J connectivity index is 1.75. The predicted molar refractivity (Wildman–Crippen MR) is 98.7 cm³/mol. The van der Waals surface area contributed by atoms with Crippen molar-refractivity contribution in [1.29, 1.82) is 0 Å². The molecule has 0 saturated heterocycles. The van der Waals surface area contributed by atoms with Gasteiger partial charge in [0.2, 0.25) is 0 Å². The highest BCUT2D eigenvalue weighted by atomic mass is 35.5. The maximum Gasteiger partial charge on any atom is 0.306 e. The lowest BCUT2D eigenvalue weighted by Crippen LogP contribution is -2.21. The summed E-state index contributed by atoms with van der Waals surface area (Å²) in [5.41, 5.74) is 1.28. The molecule has 1 heterocycles. The van der Waals surface area contributed by atoms with Crippen LogP contribution in [0.15, 0.2) is 30.3 Å². The molecular formula is C17H15Cl2NO4S. The van der Waals surface area contributed by atoms with Crippen LogP contribution >= 0.6 is 34.5 Å². The van der Waals surface area contributed by atoms with Gasteiger partial charge >= 0.3 is 5.97 Å². The standard InChI is InChI=1S/C17H15Cl2NO4S/c1-10-11(18)3-2-4-12(10)20-16(22)9-24-17(23)8-5-13(21)14-6-7-15(19)25-14/h2-4,6-7H,5,8-9H2,1H3,(H,20,22). The molecule has 1 aromatic carbocycles. The molecule has 1 amide bonds. The van der Waals surface area contributed by atoms with E-state index in [1.807, 2.05) is 0 Å². The van der Waals surface area contributed by atoms with Crippen molar-refractivity contribution in [2.75, 3.05) is 11.9 Å². The minimum absolute atomic E-state index is 0.00466. The van der Waals surface area contributed by atoms with Crippen molar-refractivity contribution >= 4 is 57.9 Å². The molecule has 0 aliphatic carbocycles. The largest absolute Gasteiger partial charge is 0.456 e. The Morgan fingerprint density at radius 1 is 1.12 bits per heavy atom. The van der Waals surface area contributed by atoms with Gasteiger partial charge in [-0.3, -0.25) is 14.4 Å². The lowest BCUT2D eigenvalue weighted by Gasteiger charge is -2.09. The Morgan fingerprint density at radius 3 is 2.56 bits per heavy atom. The summed E-state index contributed by atoms with van der Waals surface area (Å²) in [5.74, 6) is -1.28. The number of carbonyl (C=O) groups excluding carboxylic acids is 3. The summed E-state index contributed by atoms with van der Waals surface area (Å²) in [5, 5.41) is 3.15. The van der Waals surface area contributed by atoms with Crippen molar-refractivity contribution in [3.8, 4) is 0 Å². The topological polar surface area (TPSA) is 72.5 Å². The normalized spacial score (nSPS) is 10.4. The first-order valence-electron chi connectivity index (χ1n) is 7.36. The summed E-state index contributed by atoms with van der Waals surface area (Å²) in [7, 11) is 0. The molecule has 0 atom stereocenters. The van der Waals surface area contributed by atoms with Crippen molar-refractivity contribution < 1.29 is 19.1 Å². The Kier molecular flexibility index (Phi) is 6.99. The number of esters is 1. The third-order valence-electron chi connectivity index (χ3n) is 3.31. The molecule has 0 unspecified atom stereocenters. The highest BCUT2D eigenvalue weighted by Gasteiger charge is 2.14. The fraction of sp³-hybridized carbons (Fsp3) is 0.235. The Morgan fingerprint density at radius 2 is 1.88 bits per heavy atom. The van der Waals surface area contributed by atoms with Gasteiger partial charge in [0.15, 0.2) is 12.4 Å². The van der Waals surface area contributed by atoms with Gasteiger partial charge in [0.25, 0.3) is 5.91 Å². The van der Waals surface area contributed by atoms with Crippen LogP contribution in [0.1, 0.15) is 28.1 Å². The van der Waals surface area contributed by atoms with Crippen molar-refractivity contribution in [3.63, 3.8) is 0 Å². The molecule has 0 bridgehead atoms. The van der Waals surface area contributed by atoms with Crippen LogP contribution in [-0.4, -0.2) is 24.3 Å². The first-order chi connectivity index (χ1) is 11.9. The molecule has 8 heteroatoms. The van der Waals surface area contributed by atoms with Crippen LogP contribution in [0.3, 0.4) is 0 Å². The fourth-order valence-corrected chi connectivity index (χ4v) is 3.14. The van der Waals surface area contributed by atoms with Gasteiger partial charge in [0.1, 0.15) is 0 Å². The zero-order valence-electron chi connectivity index (χ0n) is 13.3. The number of ketones is 1. The molecule has 0 fully saturated rings. The van der Waals surface area contributed by atoms with E-state index in [0.717, 1.165) is 16.9 Å². The summed E-state index contributed by atoms with van der Waals surface area (Å²) in [6, 6.07) is 8.36. The van der Waals surface area contributed by atoms with Gasteiger partial charge in [-0.15, -0.1) is 11.3 Å². The second kappa shape index (κ2) is 8.99. The van der Waals surface area contributed by atoms with Gasteiger partial charge in [-0.2, -0.15) is 0 Å². The Hall–Kier alpha value is -1.89. The quantitative estimate of drug-likeness (QED) is 0.548. The Bertz CT molecular complexity index is 804. The van der Waals surface area contributed by atoms with Crippen LogP contribution in [0.2, 0.25) is 9.36 Å². The van der Waals surface area contributed by atoms with E-state index in [2.05, 4.69) is 5.32 Å². The van der Waals surface area contributed by atoms with Gasteiger partial charge < -0.3 is 10.1 Å². The zero-order chi connectivity index (χ0) is 18.4. The number of halogens is 2. The number of Topliss-reactive ketones (excluding diaryl/α,β-unsaturated/α-hetero) is 1. The number of hydrogen-bond acceptors (Lipinski definition) is 5. The summed E-state index contributed by atoms with van der Waals surface area (Å²) in [4.78, 5) is 35.9. The van der Waals surface area contributed by atoms with E-state index in [4.69, 9.17) is 27.9 Å². The monoisotopic (exact) mass is 399 g/mol. The average Bonchev–Trinajstić information content (AvgIpc) is 3.01. The molecule has 0 radical (unpaired) electrons. The van der Waals surface area contributed by atoms with Crippen LogP contribution < -0.4 is 5.32 Å². The van der Waals surface area contributed by atoms with Crippen molar-refractivity contribution in [3.05, 3.63) is 50.1 Å². The first kappa shape index (κ1) is 19.4. The number of hydrogen-bond donors (Lipinski definition) is 1. The first-order valence-corrected chi connectivity index (χ1v) is 8.93. The number of anilines is 1. The number of amides is 1. The molecule has 1 N–H and O–H groups in total. The maximum atomic E-state index is 11.9.